The van der Waals surface area contributed by atoms with E-state index in [4.69, 9.17) is 16.3 Å². The van der Waals surface area contributed by atoms with Crippen LogP contribution in [0.4, 0.5) is 5.69 Å². The van der Waals surface area contributed by atoms with Crippen LogP contribution in [0.3, 0.4) is 0 Å². The summed E-state index contributed by atoms with van der Waals surface area (Å²) < 4.78 is 34.3. The fourth-order valence-corrected chi connectivity index (χ4v) is 3.54. The molecule has 0 saturated carbocycles. The number of nitrogens with zero attached hydrogens (tertiary/aromatic N) is 2. The largest absolute Gasteiger partial charge is 0.495 e. The Labute approximate surface area is 132 Å². The van der Waals surface area contributed by atoms with Crippen molar-refractivity contribution in [1.82, 2.24) is 9.61 Å². The first-order valence-corrected chi connectivity index (χ1v) is 8.15. The van der Waals surface area contributed by atoms with Crippen molar-refractivity contribution in [3.05, 3.63) is 53.8 Å². The summed E-state index contributed by atoms with van der Waals surface area (Å²) in [6.45, 7) is 0. The van der Waals surface area contributed by atoms with Crippen LogP contribution in [0.5, 0.6) is 5.75 Å². The summed E-state index contributed by atoms with van der Waals surface area (Å²) in [6.07, 6.45) is 3.30. The normalized spacial score (nSPS) is 11.5. The fraction of sp³-hybridized carbons (Fsp3) is 0.0714. The topological polar surface area (TPSA) is 72.7 Å². The molecule has 3 aromatic rings. The Balaban J connectivity index is 2.01. The summed E-state index contributed by atoms with van der Waals surface area (Å²) in [5.74, 6) is 0.224. The van der Waals surface area contributed by atoms with Gasteiger partial charge in [0.1, 0.15) is 10.6 Å². The maximum absolute atomic E-state index is 12.5. The molecule has 0 spiro atoms. The van der Waals surface area contributed by atoms with Gasteiger partial charge in [-0.3, -0.25) is 4.72 Å². The summed E-state index contributed by atoms with van der Waals surface area (Å²) in [7, 11) is -2.42. The third kappa shape index (κ3) is 2.72. The number of anilines is 1. The molecule has 1 N–H and O–H groups in total. The molecule has 0 radical (unpaired) electrons. The number of halogens is 1. The lowest BCUT2D eigenvalue weighted by Crippen LogP contribution is -2.14. The molecule has 0 unspecified atom stereocenters. The highest BCUT2D eigenvalue weighted by Gasteiger charge is 2.20. The highest BCUT2D eigenvalue weighted by molar-refractivity contribution is 7.92. The molecule has 2 heterocycles. The highest BCUT2D eigenvalue weighted by atomic mass is 35.5. The van der Waals surface area contributed by atoms with Gasteiger partial charge in [0.25, 0.3) is 10.0 Å². The van der Waals surface area contributed by atoms with Crippen molar-refractivity contribution < 1.29 is 13.2 Å². The average molecular weight is 338 g/mol. The summed E-state index contributed by atoms with van der Waals surface area (Å²) in [5, 5.41) is 4.37. The monoisotopic (exact) mass is 337 g/mol. The molecule has 1 aromatic carbocycles. The second-order valence-electron chi connectivity index (χ2n) is 4.52. The first-order valence-electron chi connectivity index (χ1n) is 6.29. The molecule has 0 aliphatic rings. The van der Waals surface area contributed by atoms with Crippen LogP contribution in [-0.2, 0) is 10.0 Å². The third-order valence-electron chi connectivity index (χ3n) is 3.07. The summed E-state index contributed by atoms with van der Waals surface area (Å²) in [4.78, 5) is -0.0177. The zero-order valence-corrected chi connectivity index (χ0v) is 13.1. The average Bonchev–Trinajstić information content (AvgIpc) is 2.94. The molecule has 6 nitrogen and oxygen atoms in total. The fourth-order valence-electron chi connectivity index (χ4n) is 2.06. The standard InChI is InChI=1S/C14H12ClN3O3S/c1-21-13-3-2-10(15)8-14(13)22(19,20)17-11-5-7-18-12(9-11)4-6-16-18/h2-9,17H,1H3. The van der Waals surface area contributed by atoms with Gasteiger partial charge >= 0.3 is 0 Å². The smallest absolute Gasteiger partial charge is 0.265 e. The minimum Gasteiger partial charge on any atom is -0.495 e. The molecule has 8 heteroatoms. The van der Waals surface area contributed by atoms with Gasteiger partial charge in [-0.2, -0.15) is 5.10 Å². The van der Waals surface area contributed by atoms with Gasteiger partial charge in [-0.05, 0) is 36.4 Å². The van der Waals surface area contributed by atoms with Crippen molar-refractivity contribution in [2.75, 3.05) is 11.8 Å². The van der Waals surface area contributed by atoms with Crippen LogP contribution >= 0.6 is 11.6 Å². The van der Waals surface area contributed by atoms with E-state index in [0.717, 1.165) is 5.52 Å². The summed E-state index contributed by atoms with van der Waals surface area (Å²) in [6, 6.07) is 9.50. The Morgan fingerprint density at radius 2 is 2.05 bits per heavy atom. The molecule has 0 bridgehead atoms. The maximum Gasteiger partial charge on any atom is 0.265 e. The Morgan fingerprint density at radius 3 is 2.82 bits per heavy atom. The Morgan fingerprint density at radius 1 is 1.23 bits per heavy atom. The predicted octanol–water partition coefficient (Wildman–Crippen LogP) is 2.80. The molecule has 2 aromatic heterocycles. The number of pyridine rings is 1. The molecule has 22 heavy (non-hydrogen) atoms. The van der Waals surface area contributed by atoms with Gasteiger partial charge in [0, 0.05) is 17.4 Å². The molecule has 0 saturated heterocycles. The van der Waals surface area contributed by atoms with Gasteiger partial charge in [0.05, 0.1) is 18.3 Å². The van der Waals surface area contributed by atoms with Crippen LogP contribution in [0.2, 0.25) is 5.02 Å². The van der Waals surface area contributed by atoms with Crippen LogP contribution in [-0.4, -0.2) is 25.1 Å². The highest BCUT2D eigenvalue weighted by Crippen LogP contribution is 2.28. The predicted molar refractivity (Wildman–Crippen MR) is 84.0 cm³/mol. The minimum absolute atomic E-state index is 0.0177. The van der Waals surface area contributed by atoms with Crippen molar-refractivity contribution in [2.45, 2.75) is 4.90 Å². The molecule has 0 aliphatic carbocycles. The number of methoxy groups -OCH3 is 1. The number of hydrogen-bond donors (Lipinski definition) is 1. The number of sulfonamides is 1. The van der Waals surface area contributed by atoms with Gasteiger partial charge in [-0.1, -0.05) is 11.6 Å². The van der Waals surface area contributed by atoms with E-state index >= 15 is 0 Å². The quantitative estimate of drug-likeness (QED) is 0.794. The summed E-state index contributed by atoms with van der Waals surface area (Å²) in [5.41, 5.74) is 1.20. The van der Waals surface area contributed by atoms with Crippen LogP contribution in [0, 0.1) is 0 Å². The van der Waals surface area contributed by atoms with Gasteiger partial charge in [-0.25, -0.2) is 12.9 Å². The Kier molecular flexibility index (Phi) is 3.67. The molecule has 0 atom stereocenters. The van der Waals surface area contributed by atoms with Crippen molar-refractivity contribution in [3.63, 3.8) is 0 Å². The lowest BCUT2D eigenvalue weighted by atomic mass is 10.3. The van der Waals surface area contributed by atoms with Gasteiger partial charge in [-0.15, -0.1) is 0 Å². The van der Waals surface area contributed by atoms with Crippen LogP contribution in [0.25, 0.3) is 5.52 Å². The zero-order chi connectivity index (χ0) is 15.7. The number of hydrogen-bond acceptors (Lipinski definition) is 4. The van der Waals surface area contributed by atoms with Crippen molar-refractivity contribution in [1.29, 1.82) is 0 Å². The van der Waals surface area contributed by atoms with Gasteiger partial charge < -0.3 is 4.74 Å². The second kappa shape index (κ2) is 5.51. The SMILES string of the molecule is COc1ccc(Cl)cc1S(=O)(=O)Nc1ccn2nccc2c1. The van der Waals surface area contributed by atoms with Crippen molar-refractivity contribution in [2.24, 2.45) is 0 Å². The minimum atomic E-state index is -3.82. The number of nitrogens with one attached hydrogen (secondary N) is 1. The van der Waals surface area contributed by atoms with E-state index in [0.29, 0.717) is 10.7 Å². The maximum atomic E-state index is 12.5. The van der Waals surface area contributed by atoms with Crippen LogP contribution < -0.4 is 9.46 Å². The first kappa shape index (κ1) is 14.7. The Bertz CT molecular complexity index is 937. The van der Waals surface area contributed by atoms with Crippen molar-refractivity contribution in [3.8, 4) is 5.75 Å². The summed E-state index contributed by atoms with van der Waals surface area (Å²) >= 11 is 5.89. The lowest BCUT2D eigenvalue weighted by molar-refractivity contribution is 0.403. The molecule has 3 rings (SSSR count). The molecule has 0 amide bonds. The first-order chi connectivity index (χ1) is 10.5. The molecular formula is C14H12ClN3O3S. The van der Waals surface area contributed by atoms with E-state index in [-0.39, 0.29) is 10.6 Å². The number of ether oxygens (including phenoxy) is 1. The Hall–Kier alpha value is -2.25. The lowest BCUT2D eigenvalue weighted by Gasteiger charge is -2.12. The molecule has 114 valence electrons. The van der Waals surface area contributed by atoms with E-state index in [1.165, 1.54) is 19.2 Å². The number of rotatable bonds is 4. The molecule has 0 fully saturated rings. The van der Waals surface area contributed by atoms with Gasteiger partial charge in [0.15, 0.2) is 0 Å². The van der Waals surface area contributed by atoms with E-state index in [2.05, 4.69) is 9.82 Å². The van der Waals surface area contributed by atoms with E-state index < -0.39 is 10.0 Å². The van der Waals surface area contributed by atoms with Gasteiger partial charge in [0.2, 0.25) is 0 Å². The third-order valence-corrected chi connectivity index (χ3v) is 4.70. The van der Waals surface area contributed by atoms with E-state index in [1.807, 2.05) is 0 Å². The van der Waals surface area contributed by atoms with E-state index in [1.54, 1.807) is 41.2 Å². The van der Waals surface area contributed by atoms with Crippen molar-refractivity contribution >= 4 is 32.8 Å². The number of fused-ring (bicyclic) bond motifs is 1. The number of aromatic nitrogens is 2. The van der Waals surface area contributed by atoms with E-state index in [9.17, 15) is 8.42 Å². The molecular weight excluding hydrogens is 326 g/mol. The van der Waals surface area contributed by atoms with Crippen LogP contribution in [0.1, 0.15) is 0 Å². The number of benzene rings is 1. The van der Waals surface area contributed by atoms with Crippen LogP contribution in [0.15, 0.2) is 53.7 Å². The zero-order valence-electron chi connectivity index (χ0n) is 11.5. The second-order valence-corrected chi connectivity index (χ2v) is 6.60. The molecule has 0 aliphatic heterocycles.